The molecule has 0 amide bonds. The summed E-state index contributed by atoms with van der Waals surface area (Å²) in [6.45, 7) is 2.18. The summed E-state index contributed by atoms with van der Waals surface area (Å²) in [6.07, 6.45) is 1.21. The average molecular weight is 520 g/mol. The van der Waals surface area contributed by atoms with Crippen LogP contribution in [0.5, 0.6) is 11.5 Å². The Morgan fingerprint density at radius 3 is 2.34 bits per heavy atom. The van der Waals surface area contributed by atoms with Gasteiger partial charge in [0.25, 0.3) is 0 Å². The van der Waals surface area contributed by atoms with Crippen molar-refractivity contribution in [2.75, 3.05) is 24.6 Å². The summed E-state index contributed by atoms with van der Waals surface area (Å²) < 4.78 is 17.6. The molecule has 8 heteroatoms. The summed E-state index contributed by atoms with van der Waals surface area (Å²) in [6, 6.07) is 23.7. The second-order valence-corrected chi connectivity index (χ2v) is 9.24. The molecule has 0 saturated carbocycles. The zero-order valence-electron chi connectivity index (χ0n) is 21.3. The maximum Gasteiger partial charge on any atom is 0.346 e. The fraction of sp³-hybridized carbons (Fsp3) is 0.333. The molecule has 0 spiro atoms. The van der Waals surface area contributed by atoms with Crippen molar-refractivity contribution in [3.63, 3.8) is 0 Å². The highest BCUT2D eigenvalue weighted by molar-refractivity contribution is 5.77. The number of ether oxygens (including phenoxy) is 3. The molecule has 0 aromatic heterocycles. The SMILES string of the molecule is O=C(O)CCCN1CC(C(=O)O)Oc2c(OCc3ccc(CCCOCc4ccccc4)cc3)cccc21. The van der Waals surface area contributed by atoms with Gasteiger partial charge in [0.15, 0.2) is 11.5 Å². The lowest BCUT2D eigenvalue weighted by molar-refractivity contribution is -0.145. The van der Waals surface area contributed by atoms with E-state index in [4.69, 9.17) is 19.3 Å². The molecule has 1 aliphatic rings. The molecule has 2 N–H and O–H groups in total. The predicted molar refractivity (Wildman–Crippen MR) is 143 cm³/mol. The summed E-state index contributed by atoms with van der Waals surface area (Å²) in [4.78, 5) is 24.5. The second kappa shape index (κ2) is 13.5. The van der Waals surface area contributed by atoms with E-state index in [9.17, 15) is 14.7 Å². The maximum absolute atomic E-state index is 11.7. The number of hydrogen-bond acceptors (Lipinski definition) is 6. The first-order valence-electron chi connectivity index (χ1n) is 12.8. The number of para-hydroxylation sites is 1. The van der Waals surface area contributed by atoms with Gasteiger partial charge in [0.1, 0.15) is 6.61 Å². The lowest BCUT2D eigenvalue weighted by Crippen LogP contribution is -2.45. The van der Waals surface area contributed by atoms with Gasteiger partial charge >= 0.3 is 11.9 Å². The summed E-state index contributed by atoms with van der Waals surface area (Å²) >= 11 is 0. The van der Waals surface area contributed by atoms with Crippen LogP contribution >= 0.6 is 0 Å². The van der Waals surface area contributed by atoms with Crippen LogP contribution in [-0.2, 0) is 34.0 Å². The Kier molecular flexibility index (Phi) is 9.59. The van der Waals surface area contributed by atoms with Crippen LogP contribution in [0.3, 0.4) is 0 Å². The molecule has 0 bridgehead atoms. The molecular weight excluding hydrogens is 486 g/mol. The Hall–Kier alpha value is -4.04. The molecule has 0 aliphatic carbocycles. The molecule has 0 saturated heterocycles. The van der Waals surface area contributed by atoms with Gasteiger partial charge in [-0.2, -0.15) is 0 Å². The highest BCUT2D eigenvalue weighted by atomic mass is 16.5. The molecule has 8 nitrogen and oxygen atoms in total. The monoisotopic (exact) mass is 519 g/mol. The quantitative estimate of drug-likeness (QED) is 0.289. The highest BCUT2D eigenvalue weighted by Crippen LogP contribution is 2.41. The smallest absolute Gasteiger partial charge is 0.346 e. The van der Waals surface area contributed by atoms with E-state index in [-0.39, 0.29) is 13.0 Å². The normalized spacial score (nSPS) is 14.4. The molecule has 38 heavy (non-hydrogen) atoms. The van der Waals surface area contributed by atoms with Crippen LogP contribution < -0.4 is 14.4 Å². The van der Waals surface area contributed by atoms with Crippen molar-refractivity contribution < 1.29 is 34.0 Å². The van der Waals surface area contributed by atoms with E-state index in [2.05, 4.69) is 24.3 Å². The number of hydrogen-bond donors (Lipinski definition) is 2. The first kappa shape index (κ1) is 27.0. The van der Waals surface area contributed by atoms with Crippen molar-refractivity contribution in [2.24, 2.45) is 0 Å². The predicted octanol–water partition coefficient (Wildman–Crippen LogP) is 4.93. The lowest BCUT2D eigenvalue weighted by Gasteiger charge is -2.35. The Morgan fingerprint density at radius 1 is 0.868 bits per heavy atom. The van der Waals surface area contributed by atoms with Crippen molar-refractivity contribution in [3.05, 3.63) is 89.5 Å². The molecule has 3 aromatic carbocycles. The first-order chi connectivity index (χ1) is 18.5. The van der Waals surface area contributed by atoms with Gasteiger partial charge in [0, 0.05) is 19.6 Å². The van der Waals surface area contributed by atoms with Crippen molar-refractivity contribution in [1.29, 1.82) is 0 Å². The minimum absolute atomic E-state index is 0.0112. The number of rotatable bonds is 14. The van der Waals surface area contributed by atoms with Gasteiger partial charge in [0.2, 0.25) is 6.10 Å². The summed E-state index contributed by atoms with van der Waals surface area (Å²) in [5.74, 6) is -1.13. The van der Waals surface area contributed by atoms with E-state index in [1.807, 2.05) is 47.4 Å². The molecule has 4 rings (SSSR count). The van der Waals surface area contributed by atoms with Crippen LogP contribution in [0.2, 0.25) is 0 Å². The van der Waals surface area contributed by atoms with Gasteiger partial charge in [0.05, 0.1) is 18.8 Å². The zero-order valence-corrected chi connectivity index (χ0v) is 21.3. The van der Waals surface area contributed by atoms with Crippen molar-refractivity contribution >= 4 is 17.6 Å². The molecule has 1 heterocycles. The highest BCUT2D eigenvalue weighted by Gasteiger charge is 2.32. The number of nitrogens with zero attached hydrogens (tertiary/aromatic N) is 1. The number of aliphatic carboxylic acids is 2. The molecular formula is C30H33NO7. The van der Waals surface area contributed by atoms with Gasteiger partial charge in [-0.15, -0.1) is 0 Å². The Labute approximate surface area is 222 Å². The summed E-state index contributed by atoms with van der Waals surface area (Å²) in [5, 5.41) is 18.5. The van der Waals surface area contributed by atoms with Gasteiger partial charge < -0.3 is 29.3 Å². The number of benzene rings is 3. The fourth-order valence-electron chi connectivity index (χ4n) is 4.33. The molecule has 0 fully saturated rings. The Balaban J connectivity index is 1.30. The standard InChI is InChI=1S/C30H33NO7/c32-28(33)12-5-17-31-19-27(30(34)35)38-29-25(31)10-4-11-26(29)37-21-24-15-13-22(14-16-24)9-6-18-36-20-23-7-2-1-3-8-23/h1-4,7-8,10-11,13-16,27H,5-6,9,12,17-21H2,(H,32,33)(H,34,35). The van der Waals surface area contributed by atoms with Crippen LogP contribution in [0.1, 0.15) is 36.0 Å². The number of anilines is 1. The van der Waals surface area contributed by atoms with Gasteiger partial charge in [-0.05, 0) is 48.1 Å². The third-order valence-electron chi connectivity index (χ3n) is 6.32. The van der Waals surface area contributed by atoms with Gasteiger partial charge in [-0.25, -0.2) is 4.79 Å². The molecule has 0 radical (unpaired) electrons. The Morgan fingerprint density at radius 2 is 1.61 bits per heavy atom. The second-order valence-electron chi connectivity index (χ2n) is 9.24. The third kappa shape index (κ3) is 7.73. The van der Waals surface area contributed by atoms with Gasteiger partial charge in [-0.1, -0.05) is 60.7 Å². The van der Waals surface area contributed by atoms with Crippen molar-refractivity contribution in [1.82, 2.24) is 0 Å². The van der Waals surface area contributed by atoms with Gasteiger partial charge in [-0.3, -0.25) is 4.79 Å². The van der Waals surface area contributed by atoms with Crippen LogP contribution in [0, 0.1) is 0 Å². The van der Waals surface area contributed by atoms with Crippen molar-refractivity contribution in [2.45, 2.75) is 45.0 Å². The van der Waals surface area contributed by atoms with E-state index in [0.29, 0.717) is 50.0 Å². The van der Waals surface area contributed by atoms with E-state index >= 15 is 0 Å². The first-order valence-corrected chi connectivity index (χ1v) is 12.8. The van der Waals surface area contributed by atoms with Crippen LogP contribution in [0.25, 0.3) is 0 Å². The van der Waals surface area contributed by atoms with Crippen LogP contribution in [-0.4, -0.2) is 48.0 Å². The molecule has 1 unspecified atom stereocenters. The van der Waals surface area contributed by atoms with E-state index in [1.165, 1.54) is 11.1 Å². The van der Waals surface area contributed by atoms with Crippen molar-refractivity contribution in [3.8, 4) is 11.5 Å². The minimum atomic E-state index is -1.07. The fourth-order valence-corrected chi connectivity index (χ4v) is 4.33. The number of aryl methyl sites for hydroxylation is 1. The zero-order chi connectivity index (χ0) is 26.7. The van der Waals surface area contributed by atoms with Crippen LogP contribution in [0.15, 0.2) is 72.8 Å². The number of carbonyl (C=O) groups is 2. The molecule has 3 aromatic rings. The number of carboxylic acid groups (broad SMARTS) is 2. The maximum atomic E-state index is 11.7. The van der Waals surface area contributed by atoms with E-state index in [1.54, 1.807) is 6.07 Å². The molecule has 1 aliphatic heterocycles. The topological polar surface area (TPSA) is 106 Å². The number of fused-ring (bicyclic) bond motifs is 1. The third-order valence-corrected chi connectivity index (χ3v) is 6.32. The number of carboxylic acids is 2. The largest absolute Gasteiger partial charge is 0.485 e. The van der Waals surface area contributed by atoms with Crippen LogP contribution in [0.4, 0.5) is 5.69 Å². The summed E-state index contributed by atoms with van der Waals surface area (Å²) in [5.41, 5.74) is 4.08. The average Bonchev–Trinajstić information content (AvgIpc) is 2.92. The lowest BCUT2D eigenvalue weighted by atomic mass is 10.1. The van der Waals surface area contributed by atoms with E-state index in [0.717, 1.165) is 18.4 Å². The van der Waals surface area contributed by atoms with E-state index < -0.39 is 18.0 Å². The Bertz CT molecular complexity index is 1200. The minimum Gasteiger partial charge on any atom is -0.485 e. The molecule has 1 atom stereocenters. The summed E-state index contributed by atoms with van der Waals surface area (Å²) in [7, 11) is 0. The molecule has 200 valence electrons.